The number of rotatable bonds is 4. The number of hydrogen-bond donors (Lipinski definition) is 2. The molecule has 5 nitrogen and oxygen atoms in total. The van der Waals surface area contributed by atoms with E-state index in [0.29, 0.717) is 16.0 Å². The van der Waals surface area contributed by atoms with Gasteiger partial charge in [0, 0.05) is 5.39 Å². The second-order valence-corrected chi connectivity index (χ2v) is 5.67. The number of aromatic hydroxyl groups is 1. The number of phenolic OH excluding ortho intramolecular Hbond substituents is 1. The summed E-state index contributed by atoms with van der Waals surface area (Å²) in [6.07, 6.45) is 1.63. The van der Waals surface area contributed by atoms with Gasteiger partial charge >= 0.3 is 0 Å². The molecule has 0 radical (unpaired) electrons. The van der Waals surface area contributed by atoms with Gasteiger partial charge in [-0.15, -0.1) is 0 Å². The maximum atomic E-state index is 9.78. The lowest BCUT2D eigenvalue weighted by Gasteiger charge is -2.06. The second-order valence-electron chi connectivity index (χ2n) is 4.81. The summed E-state index contributed by atoms with van der Waals surface area (Å²) >= 11 is 3.28. The minimum Gasteiger partial charge on any atom is -0.503 e. The highest BCUT2D eigenvalue weighted by atomic mass is 79.9. The normalized spacial score (nSPS) is 11.0. The average molecular weight is 372 g/mol. The number of nitrogens with one attached hydrogen (secondary N) is 1. The smallest absolute Gasteiger partial charge is 0.172 e. The van der Waals surface area contributed by atoms with Crippen molar-refractivity contribution in [3.8, 4) is 11.5 Å². The topological polar surface area (TPSA) is 66.7 Å². The maximum Gasteiger partial charge on any atom is 0.172 e. The van der Waals surface area contributed by atoms with E-state index in [0.717, 1.165) is 16.5 Å². The summed E-state index contributed by atoms with van der Waals surface area (Å²) in [5.74, 6) is 1.10. The first kappa shape index (κ1) is 15.3. The van der Waals surface area contributed by atoms with Crippen molar-refractivity contribution in [3.05, 3.63) is 58.6 Å². The Kier molecular flexibility index (Phi) is 4.43. The minimum atomic E-state index is 0.0637. The van der Waals surface area contributed by atoms with Crippen LogP contribution in [-0.2, 0) is 0 Å². The van der Waals surface area contributed by atoms with Crippen LogP contribution in [0, 0.1) is 0 Å². The zero-order valence-electron chi connectivity index (χ0n) is 12.3. The standard InChI is InChI=1S/C17H14BrN3O2/c1-23-15-9-11(8-13(18)17(15)22)10-19-21-16-7-6-12-4-2-3-5-14(12)20-16/h2-10,22H,1H3,(H,20,21)/b19-10+. The van der Waals surface area contributed by atoms with Gasteiger partial charge in [-0.3, -0.25) is 5.43 Å². The van der Waals surface area contributed by atoms with Gasteiger partial charge in [-0.05, 0) is 51.8 Å². The molecule has 6 heteroatoms. The molecule has 2 N–H and O–H groups in total. The number of anilines is 1. The third-order valence-electron chi connectivity index (χ3n) is 3.26. The van der Waals surface area contributed by atoms with E-state index < -0.39 is 0 Å². The number of fused-ring (bicyclic) bond motifs is 1. The first-order chi connectivity index (χ1) is 11.2. The Morgan fingerprint density at radius 2 is 2.04 bits per heavy atom. The number of methoxy groups -OCH3 is 1. The van der Waals surface area contributed by atoms with Gasteiger partial charge in [0.05, 0.1) is 23.3 Å². The van der Waals surface area contributed by atoms with Crippen LogP contribution in [0.3, 0.4) is 0 Å². The molecule has 0 unspecified atom stereocenters. The molecule has 0 aliphatic rings. The Hall–Kier alpha value is -2.60. The van der Waals surface area contributed by atoms with Crippen molar-refractivity contribution in [2.75, 3.05) is 12.5 Å². The van der Waals surface area contributed by atoms with Crippen LogP contribution in [0.4, 0.5) is 5.82 Å². The Bertz CT molecular complexity index is 881. The quantitative estimate of drug-likeness (QED) is 0.533. The monoisotopic (exact) mass is 371 g/mol. The highest BCUT2D eigenvalue weighted by molar-refractivity contribution is 9.10. The molecule has 0 aliphatic heterocycles. The molecule has 23 heavy (non-hydrogen) atoms. The van der Waals surface area contributed by atoms with Crippen LogP contribution in [0.2, 0.25) is 0 Å². The zero-order valence-corrected chi connectivity index (χ0v) is 13.9. The van der Waals surface area contributed by atoms with Crippen molar-refractivity contribution in [2.24, 2.45) is 5.10 Å². The first-order valence-corrected chi connectivity index (χ1v) is 7.68. The Balaban J connectivity index is 1.79. The summed E-state index contributed by atoms with van der Waals surface area (Å²) in [7, 11) is 1.50. The fourth-order valence-electron chi connectivity index (χ4n) is 2.13. The third-order valence-corrected chi connectivity index (χ3v) is 3.87. The fraction of sp³-hybridized carbons (Fsp3) is 0.0588. The average Bonchev–Trinajstić information content (AvgIpc) is 2.57. The van der Waals surface area contributed by atoms with E-state index in [1.165, 1.54) is 7.11 Å². The number of ether oxygens (including phenoxy) is 1. The molecule has 3 aromatic rings. The van der Waals surface area contributed by atoms with E-state index in [-0.39, 0.29) is 5.75 Å². The second kappa shape index (κ2) is 6.66. The summed E-state index contributed by atoms with van der Waals surface area (Å²) < 4.78 is 5.65. The highest BCUT2D eigenvalue weighted by Crippen LogP contribution is 2.34. The van der Waals surface area contributed by atoms with Gasteiger partial charge in [0.1, 0.15) is 5.82 Å². The van der Waals surface area contributed by atoms with E-state index in [9.17, 15) is 5.11 Å². The Labute approximate surface area is 141 Å². The zero-order chi connectivity index (χ0) is 16.2. The van der Waals surface area contributed by atoms with Gasteiger partial charge in [0.15, 0.2) is 11.5 Å². The van der Waals surface area contributed by atoms with Gasteiger partial charge in [-0.1, -0.05) is 18.2 Å². The molecule has 0 fully saturated rings. The largest absolute Gasteiger partial charge is 0.503 e. The molecule has 2 aromatic carbocycles. The van der Waals surface area contributed by atoms with Crippen molar-refractivity contribution in [3.63, 3.8) is 0 Å². The predicted octanol–water partition coefficient (Wildman–Crippen LogP) is 4.16. The minimum absolute atomic E-state index is 0.0637. The molecule has 0 saturated heterocycles. The number of halogens is 1. The summed E-state index contributed by atoms with van der Waals surface area (Å²) in [5.41, 5.74) is 4.58. The van der Waals surface area contributed by atoms with Crippen LogP contribution in [0.1, 0.15) is 5.56 Å². The Morgan fingerprint density at radius 3 is 2.87 bits per heavy atom. The molecule has 0 saturated carbocycles. The number of aromatic nitrogens is 1. The van der Waals surface area contributed by atoms with Gasteiger partial charge < -0.3 is 9.84 Å². The van der Waals surface area contributed by atoms with Crippen LogP contribution in [0.5, 0.6) is 11.5 Å². The number of para-hydroxylation sites is 1. The lowest BCUT2D eigenvalue weighted by molar-refractivity contribution is 0.372. The number of nitrogens with zero attached hydrogens (tertiary/aromatic N) is 2. The van der Waals surface area contributed by atoms with Crippen molar-refractivity contribution < 1.29 is 9.84 Å². The van der Waals surface area contributed by atoms with Gasteiger partial charge in [-0.2, -0.15) is 5.10 Å². The van der Waals surface area contributed by atoms with Gasteiger partial charge in [0.25, 0.3) is 0 Å². The molecule has 3 rings (SSSR count). The predicted molar refractivity (Wildman–Crippen MR) is 95.3 cm³/mol. The molecule has 116 valence electrons. The van der Waals surface area contributed by atoms with Crippen LogP contribution in [-0.4, -0.2) is 23.4 Å². The van der Waals surface area contributed by atoms with Gasteiger partial charge in [-0.25, -0.2) is 4.98 Å². The van der Waals surface area contributed by atoms with Crippen LogP contribution < -0.4 is 10.2 Å². The van der Waals surface area contributed by atoms with Crippen LogP contribution in [0.15, 0.2) is 58.1 Å². The fourth-order valence-corrected chi connectivity index (χ4v) is 2.58. The molecule has 0 amide bonds. The summed E-state index contributed by atoms with van der Waals surface area (Å²) in [6.45, 7) is 0. The highest BCUT2D eigenvalue weighted by Gasteiger charge is 2.07. The molecule has 0 bridgehead atoms. The lowest BCUT2D eigenvalue weighted by Crippen LogP contribution is -1.94. The summed E-state index contributed by atoms with van der Waals surface area (Å²) in [6, 6.07) is 15.2. The van der Waals surface area contributed by atoms with E-state index >= 15 is 0 Å². The molecule has 0 spiro atoms. The SMILES string of the molecule is COc1cc(/C=N/Nc2ccc3ccccc3n2)cc(Br)c1O. The first-order valence-electron chi connectivity index (χ1n) is 6.89. The van der Waals surface area contributed by atoms with E-state index in [1.807, 2.05) is 36.4 Å². The van der Waals surface area contributed by atoms with E-state index in [1.54, 1.807) is 18.3 Å². The molecule has 1 aromatic heterocycles. The van der Waals surface area contributed by atoms with Crippen LogP contribution >= 0.6 is 15.9 Å². The number of benzene rings is 2. The number of hydrazone groups is 1. The lowest BCUT2D eigenvalue weighted by atomic mass is 10.2. The molecule has 1 heterocycles. The summed E-state index contributed by atoms with van der Waals surface area (Å²) in [5, 5.41) is 15.0. The summed E-state index contributed by atoms with van der Waals surface area (Å²) in [4.78, 5) is 4.47. The molecular formula is C17H14BrN3O2. The Morgan fingerprint density at radius 1 is 1.22 bits per heavy atom. The number of pyridine rings is 1. The van der Waals surface area contributed by atoms with Crippen LogP contribution in [0.25, 0.3) is 10.9 Å². The van der Waals surface area contributed by atoms with Crippen molar-refractivity contribution in [2.45, 2.75) is 0 Å². The van der Waals surface area contributed by atoms with Crippen molar-refractivity contribution in [1.29, 1.82) is 0 Å². The van der Waals surface area contributed by atoms with E-state index in [2.05, 4.69) is 31.4 Å². The molecular weight excluding hydrogens is 358 g/mol. The molecule has 0 atom stereocenters. The van der Waals surface area contributed by atoms with Gasteiger partial charge in [0.2, 0.25) is 0 Å². The van der Waals surface area contributed by atoms with E-state index in [4.69, 9.17) is 4.74 Å². The van der Waals surface area contributed by atoms with Crippen molar-refractivity contribution >= 4 is 38.9 Å². The molecule has 0 aliphatic carbocycles. The van der Waals surface area contributed by atoms with Crippen molar-refractivity contribution in [1.82, 2.24) is 4.98 Å². The maximum absolute atomic E-state index is 9.78. The third kappa shape index (κ3) is 3.43. The number of phenols is 1. The number of hydrogen-bond acceptors (Lipinski definition) is 5.